The Hall–Kier alpha value is 0.370. The Kier molecular flexibility index (Phi) is 3.39. The van der Waals surface area contributed by atoms with E-state index in [4.69, 9.17) is 11.6 Å². The van der Waals surface area contributed by atoms with E-state index in [1.807, 2.05) is 0 Å². The highest BCUT2D eigenvalue weighted by molar-refractivity contribution is 6.32. The zero-order chi connectivity index (χ0) is 10.1. The summed E-state index contributed by atoms with van der Waals surface area (Å²) in [5, 5.41) is -7.06. The summed E-state index contributed by atoms with van der Waals surface area (Å²) in [4.78, 5) is 0. The minimum Gasteiger partial charge on any atom is -0.218 e. The van der Waals surface area contributed by atoms with Crippen LogP contribution >= 0.6 is 23.2 Å². The second-order valence-corrected chi connectivity index (χ2v) is 4.48. The third kappa shape index (κ3) is 2.44. The predicted octanol–water partition coefficient (Wildman–Crippen LogP) is 4.30. The van der Waals surface area contributed by atoms with Crippen molar-refractivity contribution in [3.05, 3.63) is 0 Å². The molecule has 5 heteroatoms. The van der Waals surface area contributed by atoms with Crippen molar-refractivity contribution in [3.8, 4) is 0 Å². The van der Waals surface area contributed by atoms with E-state index >= 15 is 0 Å². The Labute approximate surface area is 85.4 Å². The monoisotopic (exact) mass is 234 g/mol. The van der Waals surface area contributed by atoms with Gasteiger partial charge in [-0.3, -0.25) is 0 Å². The number of rotatable bonds is 2. The Balaban J connectivity index is 2.67. The first-order chi connectivity index (χ1) is 5.86. The highest BCUT2D eigenvalue weighted by atomic mass is 35.5. The maximum atomic E-state index is 13.4. The van der Waals surface area contributed by atoms with Crippen LogP contribution in [0.1, 0.15) is 32.1 Å². The first kappa shape index (κ1) is 11.4. The lowest BCUT2D eigenvalue weighted by Crippen LogP contribution is -2.42. The third-order valence-electron chi connectivity index (χ3n) is 2.50. The number of halogens is 5. The quantitative estimate of drug-likeness (QED) is 0.626. The van der Waals surface area contributed by atoms with Gasteiger partial charge in [0.1, 0.15) is 0 Å². The van der Waals surface area contributed by atoms with Gasteiger partial charge in [0.15, 0.2) is 0 Å². The van der Waals surface area contributed by atoms with Crippen molar-refractivity contribution in [2.75, 3.05) is 0 Å². The second-order valence-electron chi connectivity index (χ2n) is 3.46. The van der Waals surface area contributed by atoms with Gasteiger partial charge in [-0.15, -0.1) is 0 Å². The molecule has 1 fully saturated rings. The molecule has 1 saturated carbocycles. The van der Waals surface area contributed by atoms with Gasteiger partial charge in [-0.1, -0.05) is 30.9 Å². The van der Waals surface area contributed by atoms with Crippen LogP contribution in [0.25, 0.3) is 0 Å². The van der Waals surface area contributed by atoms with Gasteiger partial charge >= 0.3 is 5.38 Å². The van der Waals surface area contributed by atoms with Crippen molar-refractivity contribution in [3.63, 3.8) is 0 Å². The van der Waals surface area contributed by atoms with E-state index in [0.29, 0.717) is 12.8 Å². The molecule has 0 heterocycles. The van der Waals surface area contributed by atoms with E-state index < -0.39 is 16.4 Å². The minimum atomic E-state index is -3.98. The highest BCUT2D eigenvalue weighted by Gasteiger charge is 2.57. The topological polar surface area (TPSA) is 0 Å². The van der Waals surface area contributed by atoms with Gasteiger partial charge in [0, 0.05) is 5.92 Å². The van der Waals surface area contributed by atoms with Gasteiger partial charge in [0.25, 0.3) is 5.13 Å². The fourth-order valence-corrected chi connectivity index (χ4v) is 2.07. The van der Waals surface area contributed by atoms with E-state index in [-0.39, 0.29) is 0 Å². The molecule has 78 valence electrons. The van der Waals surface area contributed by atoms with E-state index in [0.717, 1.165) is 19.3 Å². The van der Waals surface area contributed by atoms with Crippen molar-refractivity contribution in [1.82, 2.24) is 0 Å². The van der Waals surface area contributed by atoms with E-state index in [1.54, 1.807) is 0 Å². The summed E-state index contributed by atoms with van der Waals surface area (Å²) in [5.74, 6) is -0.824. The molecule has 0 aromatic carbocycles. The van der Waals surface area contributed by atoms with Crippen LogP contribution in [0.5, 0.6) is 0 Å². The molecule has 0 unspecified atom stereocenters. The summed E-state index contributed by atoms with van der Waals surface area (Å²) >= 11 is 9.76. The summed E-state index contributed by atoms with van der Waals surface area (Å²) in [6.45, 7) is 0. The zero-order valence-corrected chi connectivity index (χ0v) is 8.51. The van der Waals surface area contributed by atoms with Crippen LogP contribution in [0.4, 0.5) is 13.2 Å². The first-order valence-electron chi connectivity index (χ1n) is 4.30. The first-order valence-corrected chi connectivity index (χ1v) is 5.06. The van der Waals surface area contributed by atoms with Gasteiger partial charge in [-0.05, 0) is 24.4 Å². The Morgan fingerprint density at radius 3 is 1.77 bits per heavy atom. The Bertz CT molecular complexity index is 171. The molecule has 1 aliphatic carbocycles. The molecule has 0 saturated heterocycles. The molecule has 0 aromatic heterocycles. The van der Waals surface area contributed by atoms with Gasteiger partial charge in [-0.2, -0.15) is 8.78 Å². The summed E-state index contributed by atoms with van der Waals surface area (Å²) in [7, 11) is 0. The molecule has 1 atom stereocenters. The van der Waals surface area contributed by atoms with Gasteiger partial charge in [-0.25, -0.2) is 4.39 Å². The highest BCUT2D eigenvalue weighted by Crippen LogP contribution is 2.49. The van der Waals surface area contributed by atoms with Crippen molar-refractivity contribution in [2.45, 2.75) is 42.6 Å². The molecule has 0 bridgehead atoms. The minimum absolute atomic E-state index is 0.391. The van der Waals surface area contributed by atoms with Gasteiger partial charge < -0.3 is 0 Å². The maximum Gasteiger partial charge on any atom is 0.369 e. The molecule has 0 nitrogen and oxygen atoms in total. The van der Waals surface area contributed by atoms with Crippen molar-refractivity contribution >= 4 is 23.2 Å². The number of hydrogen-bond donors (Lipinski definition) is 0. The Morgan fingerprint density at radius 2 is 1.38 bits per heavy atom. The summed E-state index contributed by atoms with van der Waals surface area (Å²) in [5.41, 5.74) is 0. The molecule has 13 heavy (non-hydrogen) atoms. The van der Waals surface area contributed by atoms with E-state index in [1.165, 1.54) is 0 Å². The van der Waals surface area contributed by atoms with Crippen molar-refractivity contribution < 1.29 is 13.2 Å². The molecule has 0 amide bonds. The lowest BCUT2D eigenvalue weighted by molar-refractivity contribution is -0.0594. The molecule has 0 radical (unpaired) electrons. The van der Waals surface area contributed by atoms with Crippen LogP contribution in [0.2, 0.25) is 0 Å². The number of alkyl halides is 5. The van der Waals surface area contributed by atoms with Gasteiger partial charge in [0.05, 0.1) is 0 Å². The molecular formula is C8H11Cl2F3. The van der Waals surface area contributed by atoms with Crippen molar-refractivity contribution in [1.29, 1.82) is 0 Å². The fourth-order valence-electron chi connectivity index (χ4n) is 1.70. The predicted molar refractivity (Wildman–Crippen MR) is 47.1 cm³/mol. The largest absolute Gasteiger partial charge is 0.369 e. The molecule has 1 rings (SSSR count). The lowest BCUT2D eigenvalue weighted by Gasteiger charge is -2.33. The van der Waals surface area contributed by atoms with Crippen LogP contribution in [-0.2, 0) is 0 Å². The van der Waals surface area contributed by atoms with Crippen LogP contribution in [0.15, 0.2) is 0 Å². The maximum absolute atomic E-state index is 13.4. The van der Waals surface area contributed by atoms with Crippen LogP contribution in [0.3, 0.4) is 0 Å². The average Bonchev–Trinajstić information content (AvgIpc) is 2.04. The molecule has 0 aliphatic heterocycles. The SMILES string of the molecule is FC(F)(Cl)[C@@](F)(Cl)C1CCCCC1. The summed E-state index contributed by atoms with van der Waals surface area (Å²) in [6, 6.07) is 0. The Morgan fingerprint density at radius 1 is 0.923 bits per heavy atom. The van der Waals surface area contributed by atoms with Gasteiger partial charge in [0.2, 0.25) is 0 Å². The zero-order valence-electron chi connectivity index (χ0n) is 7.00. The molecular weight excluding hydrogens is 224 g/mol. The second kappa shape index (κ2) is 3.85. The van der Waals surface area contributed by atoms with Crippen LogP contribution in [-0.4, -0.2) is 10.5 Å². The fraction of sp³-hybridized carbons (Fsp3) is 1.00. The number of hydrogen-bond acceptors (Lipinski definition) is 0. The summed E-state index contributed by atoms with van der Waals surface area (Å²) < 4.78 is 38.5. The molecule has 0 aromatic rings. The summed E-state index contributed by atoms with van der Waals surface area (Å²) in [6.07, 6.45) is 3.23. The third-order valence-corrected chi connectivity index (χ3v) is 3.41. The van der Waals surface area contributed by atoms with E-state index in [9.17, 15) is 13.2 Å². The molecule has 1 aliphatic rings. The normalized spacial score (nSPS) is 25.6. The lowest BCUT2D eigenvalue weighted by atomic mass is 9.85. The smallest absolute Gasteiger partial charge is 0.218 e. The van der Waals surface area contributed by atoms with Crippen molar-refractivity contribution in [2.24, 2.45) is 5.92 Å². The van der Waals surface area contributed by atoms with Crippen LogP contribution < -0.4 is 0 Å². The standard InChI is InChI=1S/C8H11Cl2F3/c9-7(11,8(10,12)13)6-4-2-1-3-5-6/h6H,1-5H2/t7-/m1/s1. The van der Waals surface area contributed by atoms with E-state index in [2.05, 4.69) is 11.6 Å². The molecule has 0 N–H and O–H groups in total. The van der Waals surface area contributed by atoms with Crippen LogP contribution in [0, 0.1) is 5.92 Å². The molecule has 0 spiro atoms. The average molecular weight is 235 g/mol.